The summed E-state index contributed by atoms with van der Waals surface area (Å²) in [6.07, 6.45) is 1.89. The Labute approximate surface area is 217 Å². The van der Waals surface area contributed by atoms with Gasteiger partial charge in [0, 0.05) is 23.2 Å². The molecule has 0 amide bonds. The summed E-state index contributed by atoms with van der Waals surface area (Å²) in [5, 5.41) is 0. The number of hydrogen-bond donors (Lipinski definition) is 0. The molecule has 4 rings (SSSR count). The third kappa shape index (κ3) is 5.04. The van der Waals surface area contributed by atoms with Crippen LogP contribution in [-0.2, 0) is 9.53 Å². The lowest BCUT2D eigenvalue weighted by Gasteiger charge is -2.24. The fourth-order valence-corrected chi connectivity index (χ4v) is 5.58. The quantitative estimate of drug-likeness (QED) is 0.406. The minimum absolute atomic E-state index is 0.177. The summed E-state index contributed by atoms with van der Waals surface area (Å²) < 4.78 is 8.44. The standard InChI is InChI=1S/C27H28BrN3O3S/c1-5-30(6-2)21-14-8-18(9-15-21)16-22-25(32)31-24(19-10-12-20(28)13-11-19)23(26(33)34-7-3)17(4)29-27(31)35-22/h8-16,24H,5-7H2,1-4H3/b22-16-/t24-/m0/s1. The number of carbonyl (C=O) groups excluding carboxylic acids is 1. The average molecular weight is 555 g/mol. The summed E-state index contributed by atoms with van der Waals surface area (Å²) in [6.45, 7) is 9.94. The van der Waals surface area contributed by atoms with E-state index in [1.807, 2.05) is 42.5 Å². The fourth-order valence-electron chi connectivity index (χ4n) is 4.27. The largest absolute Gasteiger partial charge is 0.463 e. The molecule has 1 aliphatic rings. The molecule has 0 unspecified atom stereocenters. The van der Waals surface area contributed by atoms with Crippen molar-refractivity contribution in [1.29, 1.82) is 0 Å². The van der Waals surface area contributed by atoms with Gasteiger partial charge in [0.1, 0.15) is 0 Å². The van der Waals surface area contributed by atoms with Crippen LogP contribution < -0.4 is 19.8 Å². The maximum atomic E-state index is 13.7. The zero-order valence-electron chi connectivity index (χ0n) is 20.2. The second kappa shape index (κ2) is 10.7. The van der Waals surface area contributed by atoms with Gasteiger partial charge in [0.2, 0.25) is 0 Å². The van der Waals surface area contributed by atoms with Crippen molar-refractivity contribution in [3.05, 3.63) is 95.1 Å². The zero-order valence-corrected chi connectivity index (χ0v) is 22.6. The maximum absolute atomic E-state index is 13.7. The Balaban J connectivity index is 1.85. The third-order valence-electron chi connectivity index (χ3n) is 6.02. The number of benzene rings is 2. The molecule has 1 atom stereocenters. The SMILES string of the molecule is CCOC(=O)C1=C(C)N=c2s/c(=C\c3ccc(N(CC)CC)cc3)c(=O)n2[C@H]1c1ccc(Br)cc1. The lowest BCUT2D eigenvalue weighted by atomic mass is 9.96. The Bertz CT molecular complexity index is 1430. The van der Waals surface area contributed by atoms with Gasteiger partial charge in [-0.1, -0.05) is 51.5 Å². The molecule has 0 saturated carbocycles. The molecular formula is C27H28BrN3O3S. The van der Waals surface area contributed by atoms with Gasteiger partial charge in [0.25, 0.3) is 5.56 Å². The van der Waals surface area contributed by atoms with Gasteiger partial charge < -0.3 is 9.64 Å². The normalized spacial score (nSPS) is 15.6. The minimum atomic E-state index is -0.606. The second-order valence-electron chi connectivity index (χ2n) is 8.12. The van der Waals surface area contributed by atoms with Crippen molar-refractivity contribution in [2.75, 3.05) is 24.6 Å². The number of aromatic nitrogens is 1. The number of esters is 1. The van der Waals surface area contributed by atoms with Crippen molar-refractivity contribution in [1.82, 2.24) is 4.57 Å². The summed E-state index contributed by atoms with van der Waals surface area (Å²) in [5.41, 5.74) is 3.68. The molecule has 0 radical (unpaired) electrons. The molecule has 6 nitrogen and oxygen atoms in total. The van der Waals surface area contributed by atoms with E-state index < -0.39 is 12.0 Å². The van der Waals surface area contributed by atoms with E-state index in [4.69, 9.17) is 4.74 Å². The second-order valence-corrected chi connectivity index (χ2v) is 10.0. The van der Waals surface area contributed by atoms with Crippen molar-refractivity contribution in [3.63, 3.8) is 0 Å². The highest BCUT2D eigenvalue weighted by Gasteiger charge is 2.33. The number of thiazole rings is 1. The number of anilines is 1. The number of rotatable bonds is 7. The fraction of sp³-hybridized carbons (Fsp3) is 0.296. The van der Waals surface area contributed by atoms with Crippen LogP contribution in [0.4, 0.5) is 5.69 Å². The van der Waals surface area contributed by atoms with Crippen molar-refractivity contribution in [3.8, 4) is 0 Å². The van der Waals surface area contributed by atoms with Crippen LogP contribution in [0.1, 0.15) is 44.9 Å². The zero-order chi connectivity index (χ0) is 25.1. The first-order chi connectivity index (χ1) is 16.9. The molecule has 1 aliphatic heterocycles. The predicted molar refractivity (Wildman–Crippen MR) is 145 cm³/mol. The van der Waals surface area contributed by atoms with E-state index in [0.29, 0.717) is 20.6 Å². The summed E-state index contributed by atoms with van der Waals surface area (Å²) in [7, 11) is 0. The van der Waals surface area contributed by atoms with Gasteiger partial charge >= 0.3 is 5.97 Å². The molecule has 0 bridgehead atoms. The Morgan fingerprint density at radius 2 is 1.77 bits per heavy atom. The highest BCUT2D eigenvalue weighted by molar-refractivity contribution is 9.10. The molecule has 0 fully saturated rings. The third-order valence-corrected chi connectivity index (χ3v) is 7.53. The molecule has 35 heavy (non-hydrogen) atoms. The summed E-state index contributed by atoms with van der Waals surface area (Å²) in [4.78, 5) is 34.1. The van der Waals surface area contributed by atoms with E-state index in [1.54, 1.807) is 18.4 Å². The van der Waals surface area contributed by atoms with Crippen molar-refractivity contribution in [2.24, 2.45) is 4.99 Å². The minimum Gasteiger partial charge on any atom is -0.463 e. The first-order valence-corrected chi connectivity index (χ1v) is 13.3. The molecule has 0 N–H and O–H groups in total. The topological polar surface area (TPSA) is 63.9 Å². The maximum Gasteiger partial charge on any atom is 0.338 e. The monoisotopic (exact) mass is 553 g/mol. The van der Waals surface area contributed by atoms with Crippen LogP contribution in [0, 0.1) is 0 Å². The molecule has 0 aliphatic carbocycles. The number of nitrogens with zero attached hydrogens (tertiary/aromatic N) is 3. The van der Waals surface area contributed by atoms with Gasteiger partial charge in [-0.25, -0.2) is 9.79 Å². The number of fused-ring (bicyclic) bond motifs is 1. The van der Waals surface area contributed by atoms with Gasteiger partial charge in [-0.15, -0.1) is 0 Å². The van der Waals surface area contributed by atoms with Gasteiger partial charge in [-0.2, -0.15) is 0 Å². The highest BCUT2D eigenvalue weighted by atomic mass is 79.9. The lowest BCUT2D eigenvalue weighted by Crippen LogP contribution is -2.39. The molecule has 0 spiro atoms. The average Bonchev–Trinajstić information content (AvgIpc) is 3.15. The molecule has 3 aromatic rings. The predicted octanol–water partition coefficient (Wildman–Crippen LogP) is 4.41. The van der Waals surface area contributed by atoms with Crippen LogP contribution in [-0.4, -0.2) is 30.2 Å². The van der Waals surface area contributed by atoms with E-state index >= 15 is 0 Å². The smallest absolute Gasteiger partial charge is 0.338 e. The molecule has 182 valence electrons. The number of carbonyl (C=O) groups is 1. The van der Waals surface area contributed by atoms with Crippen LogP contribution >= 0.6 is 27.3 Å². The Hall–Kier alpha value is -2.97. The number of allylic oxidation sites excluding steroid dienone is 1. The molecule has 0 saturated heterocycles. The van der Waals surface area contributed by atoms with Crippen molar-refractivity contribution >= 4 is 45.0 Å². The summed E-state index contributed by atoms with van der Waals surface area (Å²) in [6, 6.07) is 15.2. The Morgan fingerprint density at radius 1 is 1.11 bits per heavy atom. The summed E-state index contributed by atoms with van der Waals surface area (Å²) in [5.74, 6) is -0.456. The van der Waals surface area contributed by atoms with E-state index in [0.717, 1.165) is 34.4 Å². The number of halogens is 1. The van der Waals surface area contributed by atoms with Crippen LogP contribution in [0.5, 0.6) is 0 Å². The Morgan fingerprint density at radius 3 is 2.37 bits per heavy atom. The van der Waals surface area contributed by atoms with Crippen molar-refractivity contribution in [2.45, 2.75) is 33.7 Å². The highest BCUT2D eigenvalue weighted by Crippen LogP contribution is 2.31. The van der Waals surface area contributed by atoms with E-state index in [9.17, 15) is 9.59 Å². The molecule has 2 aromatic carbocycles. The van der Waals surface area contributed by atoms with Gasteiger partial charge in [0.15, 0.2) is 4.80 Å². The van der Waals surface area contributed by atoms with Gasteiger partial charge in [-0.3, -0.25) is 9.36 Å². The lowest BCUT2D eigenvalue weighted by molar-refractivity contribution is -0.139. The van der Waals surface area contributed by atoms with Gasteiger partial charge in [0.05, 0.1) is 28.5 Å². The van der Waals surface area contributed by atoms with E-state index in [2.05, 4.69) is 51.8 Å². The molecule has 2 heterocycles. The van der Waals surface area contributed by atoms with Crippen LogP contribution in [0.15, 0.2) is 74.1 Å². The number of ether oxygens (including phenoxy) is 1. The Kier molecular flexibility index (Phi) is 7.72. The van der Waals surface area contributed by atoms with Crippen LogP contribution in [0.3, 0.4) is 0 Å². The first-order valence-electron chi connectivity index (χ1n) is 11.7. The summed E-state index contributed by atoms with van der Waals surface area (Å²) >= 11 is 4.79. The van der Waals surface area contributed by atoms with Crippen LogP contribution in [0.2, 0.25) is 0 Å². The molecule has 8 heteroatoms. The van der Waals surface area contributed by atoms with E-state index in [-0.39, 0.29) is 12.2 Å². The first kappa shape index (κ1) is 25.1. The van der Waals surface area contributed by atoms with Crippen LogP contribution in [0.25, 0.3) is 6.08 Å². The van der Waals surface area contributed by atoms with E-state index in [1.165, 1.54) is 11.3 Å². The van der Waals surface area contributed by atoms with Gasteiger partial charge in [-0.05, 0) is 69.2 Å². The molecule has 1 aromatic heterocycles. The molecular weight excluding hydrogens is 526 g/mol. The number of hydrogen-bond acceptors (Lipinski definition) is 6. The van der Waals surface area contributed by atoms with Crippen molar-refractivity contribution < 1.29 is 9.53 Å².